The Morgan fingerprint density at radius 3 is 2.26 bits per heavy atom. The van der Waals surface area contributed by atoms with Gasteiger partial charge in [-0.1, -0.05) is 36.4 Å². The van der Waals surface area contributed by atoms with Gasteiger partial charge in [-0.15, -0.1) is 0 Å². The van der Waals surface area contributed by atoms with Crippen molar-refractivity contribution in [2.24, 2.45) is 16.5 Å². The quantitative estimate of drug-likeness (QED) is 0.664. The maximum Gasteiger partial charge on any atom is 0.131 e. The molecule has 96 valence electrons. The lowest BCUT2D eigenvalue weighted by molar-refractivity contribution is 1.41. The monoisotopic (exact) mass is 271 g/mol. The molecular weight excluding hydrogens is 258 g/mol. The Balaban J connectivity index is 2.41. The minimum absolute atomic E-state index is 0.408. The van der Waals surface area contributed by atoms with Gasteiger partial charge in [0.05, 0.1) is 5.69 Å². The highest BCUT2D eigenvalue weighted by molar-refractivity contribution is 6.30. The van der Waals surface area contributed by atoms with Gasteiger partial charge in [0.1, 0.15) is 5.84 Å². The van der Waals surface area contributed by atoms with E-state index < -0.39 is 0 Å². The molecular formula is C15H14ClN3. The molecule has 0 fully saturated rings. The molecule has 0 aromatic heterocycles. The fourth-order valence-electron chi connectivity index (χ4n) is 1.66. The molecule has 2 aromatic rings. The predicted molar refractivity (Wildman–Crippen MR) is 81.5 cm³/mol. The average Bonchev–Trinajstić information content (AvgIpc) is 2.39. The van der Waals surface area contributed by atoms with Crippen LogP contribution in [-0.2, 0) is 0 Å². The van der Waals surface area contributed by atoms with Crippen LogP contribution >= 0.6 is 11.6 Å². The van der Waals surface area contributed by atoms with Crippen LogP contribution < -0.4 is 11.5 Å². The zero-order valence-electron chi connectivity index (χ0n) is 10.3. The molecule has 0 saturated carbocycles. The first kappa shape index (κ1) is 13.2. The van der Waals surface area contributed by atoms with Crippen LogP contribution in [0.5, 0.6) is 0 Å². The van der Waals surface area contributed by atoms with Crippen molar-refractivity contribution >= 4 is 28.8 Å². The van der Waals surface area contributed by atoms with Gasteiger partial charge < -0.3 is 11.5 Å². The number of para-hydroxylation sites is 1. The molecule has 3 nitrogen and oxygen atoms in total. The van der Waals surface area contributed by atoms with E-state index in [9.17, 15) is 0 Å². The Morgan fingerprint density at radius 1 is 1.00 bits per heavy atom. The second-order valence-electron chi connectivity index (χ2n) is 4.05. The smallest absolute Gasteiger partial charge is 0.131 e. The van der Waals surface area contributed by atoms with E-state index in [-0.39, 0.29) is 0 Å². The summed E-state index contributed by atoms with van der Waals surface area (Å²) in [6, 6.07) is 14.6. The molecule has 4 N–H and O–H groups in total. The Labute approximate surface area is 117 Å². The van der Waals surface area contributed by atoms with Gasteiger partial charge in [-0.05, 0) is 30.3 Å². The molecule has 0 atom stereocenters. The number of halogens is 1. The van der Waals surface area contributed by atoms with E-state index in [1.54, 1.807) is 12.1 Å². The molecule has 0 aliphatic rings. The number of hydrogen-bond acceptors (Lipinski definition) is 2. The summed E-state index contributed by atoms with van der Waals surface area (Å²) in [5.74, 6) is 0.408. The van der Waals surface area contributed by atoms with Gasteiger partial charge in [0.15, 0.2) is 0 Å². The van der Waals surface area contributed by atoms with Crippen LogP contribution in [0.25, 0.3) is 5.70 Å². The van der Waals surface area contributed by atoms with Crippen molar-refractivity contribution < 1.29 is 0 Å². The van der Waals surface area contributed by atoms with Crippen molar-refractivity contribution in [3.63, 3.8) is 0 Å². The summed E-state index contributed by atoms with van der Waals surface area (Å²) >= 11 is 5.83. The SMILES string of the molecule is C=C(N)c1ccccc1N=C(N)c1ccc(Cl)cc1. The maximum absolute atomic E-state index is 5.98. The summed E-state index contributed by atoms with van der Waals surface area (Å²) in [7, 11) is 0. The maximum atomic E-state index is 5.98. The molecule has 2 rings (SSSR count). The Morgan fingerprint density at radius 2 is 1.63 bits per heavy atom. The fraction of sp³-hybridized carbons (Fsp3) is 0. The summed E-state index contributed by atoms with van der Waals surface area (Å²) in [6.07, 6.45) is 0. The normalized spacial score (nSPS) is 11.3. The van der Waals surface area contributed by atoms with E-state index in [0.29, 0.717) is 22.2 Å². The van der Waals surface area contributed by atoms with Crippen LogP contribution in [0, 0.1) is 0 Å². The first-order valence-electron chi connectivity index (χ1n) is 5.72. The van der Waals surface area contributed by atoms with Gasteiger partial charge in [0.2, 0.25) is 0 Å². The lowest BCUT2D eigenvalue weighted by Crippen LogP contribution is -2.12. The zero-order valence-corrected chi connectivity index (χ0v) is 11.1. The van der Waals surface area contributed by atoms with E-state index in [2.05, 4.69) is 11.6 Å². The molecule has 0 aliphatic heterocycles. The van der Waals surface area contributed by atoms with E-state index in [0.717, 1.165) is 11.1 Å². The number of nitrogens with zero attached hydrogens (tertiary/aromatic N) is 1. The third-order valence-corrected chi connectivity index (χ3v) is 2.88. The number of rotatable bonds is 3. The first-order valence-corrected chi connectivity index (χ1v) is 6.09. The molecule has 0 radical (unpaired) electrons. The van der Waals surface area contributed by atoms with Crippen molar-refractivity contribution in [2.45, 2.75) is 0 Å². The summed E-state index contributed by atoms with van der Waals surface area (Å²) < 4.78 is 0. The van der Waals surface area contributed by atoms with E-state index in [4.69, 9.17) is 23.1 Å². The summed E-state index contributed by atoms with van der Waals surface area (Å²) in [5.41, 5.74) is 14.5. The Hall–Kier alpha value is -2.26. The molecule has 19 heavy (non-hydrogen) atoms. The molecule has 0 heterocycles. The van der Waals surface area contributed by atoms with Crippen molar-refractivity contribution in [1.29, 1.82) is 0 Å². The molecule has 4 heteroatoms. The Kier molecular flexibility index (Phi) is 3.88. The van der Waals surface area contributed by atoms with Crippen LogP contribution in [0.15, 0.2) is 60.1 Å². The molecule has 2 aromatic carbocycles. The minimum atomic E-state index is 0.408. The zero-order chi connectivity index (χ0) is 13.8. The third-order valence-electron chi connectivity index (χ3n) is 2.63. The number of hydrogen-bond donors (Lipinski definition) is 2. The van der Waals surface area contributed by atoms with Crippen LogP contribution in [0.1, 0.15) is 11.1 Å². The summed E-state index contributed by atoms with van der Waals surface area (Å²) in [6.45, 7) is 3.73. The van der Waals surface area contributed by atoms with Crippen molar-refractivity contribution in [3.8, 4) is 0 Å². The number of aliphatic imine (C=N–C) groups is 1. The van der Waals surface area contributed by atoms with E-state index in [1.165, 1.54) is 0 Å². The van der Waals surface area contributed by atoms with Crippen molar-refractivity contribution in [2.75, 3.05) is 0 Å². The lowest BCUT2D eigenvalue weighted by atomic mass is 10.1. The highest BCUT2D eigenvalue weighted by Crippen LogP contribution is 2.23. The van der Waals surface area contributed by atoms with Crippen LogP contribution in [-0.4, -0.2) is 5.84 Å². The number of benzene rings is 2. The Bertz CT molecular complexity index is 630. The fourth-order valence-corrected chi connectivity index (χ4v) is 1.78. The highest BCUT2D eigenvalue weighted by atomic mass is 35.5. The number of amidine groups is 1. The average molecular weight is 272 g/mol. The van der Waals surface area contributed by atoms with Gasteiger partial charge in [-0.3, -0.25) is 0 Å². The van der Waals surface area contributed by atoms with Crippen LogP contribution in [0.4, 0.5) is 5.69 Å². The largest absolute Gasteiger partial charge is 0.399 e. The summed E-state index contributed by atoms with van der Waals surface area (Å²) in [4.78, 5) is 4.39. The molecule has 0 spiro atoms. The van der Waals surface area contributed by atoms with Gasteiger partial charge in [0, 0.05) is 21.8 Å². The van der Waals surface area contributed by atoms with E-state index >= 15 is 0 Å². The van der Waals surface area contributed by atoms with Gasteiger partial charge in [-0.2, -0.15) is 0 Å². The lowest BCUT2D eigenvalue weighted by Gasteiger charge is -2.06. The van der Waals surface area contributed by atoms with Gasteiger partial charge in [0.25, 0.3) is 0 Å². The van der Waals surface area contributed by atoms with Crippen molar-refractivity contribution in [1.82, 2.24) is 0 Å². The standard InChI is InChI=1S/C15H14ClN3/c1-10(17)13-4-2-3-5-14(13)19-15(18)11-6-8-12(16)9-7-11/h2-9H,1,17H2,(H2,18,19). The molecule has 0 saturated heterocycles. The van der Waals surface area contributed by atoms with Crippen LogP contribution in [0.2, 0.25) is 5.02 Å². The van der Waals surface area contributed by atoms with Crippen molar-refractivity contribution in [3.05, 3.63) is 71.3 Å². The van der Waals surface area contributed by atoms with Crippen LogP contribution in [0.3, 0.4) is 0 Å². The second kappa shape index (κ2) is 5.59. The van der Waals surface area contributed by atoms with Gasteiger partial charge in [-0.25, -0.2) is 4.99 Å². The molecule has 0 aliphatic carbocycles. The minimum Gasteiger partial charge on any atom is -0.399 e. The highest BCUT2D eigenvalue weighted by Gasteiger charge is 2.04. The number of nitrogens with two attached hydrogens (primary N) is 2. The third kappa shape index (κ3) is 3.14. The predicted octanol–water partition coefficient (Wildman–Crippen LogP) is 3.31. The summed E-state index contributed by atoms with van der Waals surface area (Å²) in [5, 5.41) is 0.660. The molecule has 0 amide bonds. The molecule has 0 unspecified atom stereocenters. The first-order chi connectivity index (χ1) is 9.08. The van der Waals surface area contributed by atoms with E-state index in [1.807, 2.05) is 36.4 Å². The second-order valence-corrected chi connectivity index (χ2v) is 4.48. The topological polar surface area (TPSA) is 64.4 Å². The molecule has 0 bridgehead atoms. The van der Waals surface area contributed by atoms with Gasteiger partial charge >= 0.3 is 0 Å².